The summed E-state index contributed by atoms with van der Waals surface area (Å²) in [6.45, 7) is 0.579. The fourth-order valence-electron chi connectivity index (χ4n) is 2.42. The maximum absolute atomic E-state index is 13.2. The summed E-state index contributed by atoms with van der Waals surface area (Å²) in [7, 11) is 0. The molecule has 3 rings (SSSR count). The zero-order valence-electron chi connectivity index (χ0n) is 14.2. The lowest BCUT2D eigenvalue weighted by molar-refractivity contribution is 0.0995. The fourth-order valence-corrected chi connectivity index (χ4v) is 2.79. The normalized spacial score (nSPS) is 10.4. The van der Waals surface area contributed by atoms with Gasteiger partial charge in [0, 0.05) is 10.0 Å². The topological polar surface area (TPSA) is 74.4 Å². The number of aromatic nitrogens is 1. The third-order valence-electron chi connectivity index (χ3n) is 3.68. The van der Waals surface area contributed by atoms with Crippen LogP contribution >= 0.6 is 15.9 Å². The highest BCUT2D eigenvalue weighted by molar-refractivity contribution is 9.10. The predicted molar refractivity (Wildman–Crippen MR) is 103 cm³/mol. The van der Waals surface area contributed by atoms with Crippen LogP contribution in [0.25, 0.3) is 11.1 Å². The molecular formula is C20H16BrFN2O3. The van der Waals surface area contributed by atoms with E-state index in [0.29, 0.717) is 29.2 Å². The number of ether oxygens (including phenoxy) is 2. The maximum atomic E-state index is 13.2. The Labute approximate surface area is 164 Å². The van der Waals surface area contributed by atoms with Crippen molar-refractivity contribution in [2.75, 3.05) is 13.2 Å². The van der Waals surface area contributed by atoms with E-state index in [1.54, 1.807) is 12.1 Å². The third kappa shape index (κ3) is 5.04. The molecule has 138 valence electrons. The molecule has 2 aromatic carbocycles. The number of carbonyl (C=O) groups is 1. The second-order valence-corrected chi connectivity index (χ2v) is 6.51. The van der Waals surface area contributed by atoms with Gasteiger partial charge in [-0.15, -0.1) is 0 Å². The van der Waals surface area contributed by atoms with Gasteiger partial charge in [-0.05, 0) is 42.0 Å². The monoisotopic (exact) mass is 430 g/mol. The highest BCUT2D eigenvalue weighted by Gasteiger charge is 2.12. The van der Waals surface area contributed by atoms with Crippen molar-refractivity contribution in [1.29, 1.82) is 0 Å². The molecule has 0 spiro atoms. The Kier molecular flexibility index (Phi) is 6.03. The van der Waals surface area contributed by atoms with Crippen molar-refractivity contribution in [3.63, 3.8) is 0 Å². The number of nitrogens with two attached hydrogens (primary N) is 1. The Hall–Kier alpha value is -2.93. The summed E-state index contributed by atoms with van der Waals surface area (Å²) in [6, 6.07) is 14.9. The molecule has 2 N–H and O–H groups in total. The van der Waals surface area contributed by atoms with Gasteiger partial charge in [0.05, 0.1) is 6.20 Å². The van der Waals surface area contributed by atoms with Crippen LogP contribution in [0, 0.1) is 5.82 Å². The summed E-state index contributed by atoms with van der Waals surface area (Å²) < 4.78 is 25.5. The molecule has 0 radical (unpaired) electrons. The van der Waals surface area contributed by atoms with E-state index < -0.39 is 5.91 Å². The molecule has 0 saturated carbocycles. The van der Waals surface area contributed by atoms with E-state index >= 15 is 0 Å². The number of primary amides is 1. The molecule has 0 aliphatic rings. The molecule has 0 bridgehead atoms. The number of hydrogen-bond acceptors (Lipinski definition) is 4. The zero-order valence-corrected chi connectivity index (χ0v) is 15.8. The highest BCUT2D eigenvalue weighted by atomic mass is 79.9. The first-order valence-corrected chi connectivity index (χ1v) is 8.89. The van der Waals surface area contributed by atoms with Crippen molar-refractivity contribution < 1.29 is 18.7 Å². The van der Waals surface area contributed by atoms with Crippen LogP contribution in [-0.4, -0.2) is 24.1 Å². The molecule has 0 fully saturated rings. The Bertz CT molecular complexity index is 948. The molecule has 0 unspecified atom stereocenters. The largest absolute Gasteiger partial charge is 0.490 e. The number of halogens is 2. The standard InChI is InChI=1S/C20H16BrFN2O3/c21-14-2-1-3-16(10-14)26-8-9-27-19-12-24-18(20(23)25)11-17(19)13-4-6-15(22)7-5-13/h1-7,10-12H,8-9H2,(H2,23,25). The maximum Gasteiger partial charge on any atom is 0.267 e. The lowest BCUT2D eigenvalue weighted by Crippen LogP contribution is -2.14. The van der Waals surface area contributed by atoms with Gasteiger partial charge in [-0.25, -0.2) is 9.37 Å². The second kappa shape index (κ2) is 8.64. The number of benzene rings is 2. The summed E-state index contributed by atoms with van der Waals surface area (Å²) in [6.07, 6.45) is 1.43. The van der Waals surface area contributed by atoms with E-state index in [-0.39, 0.29) is 18.1 Å². The Morgan fingerprint density at radius 3 is 2.52 bits per heavy atom. The number of nitrogens with zero attached hydrogens (tertiary/aromatic N) is 1. The number of hydrogen-bond donors (Lipinski definition) is 1. The van der Waals surface area contributed by atoms with E-state index in [4.69, 9.17) is 15.2 Å². The molecular weight excluding hydrogens is 415 g/mol. The molecule has 3 aromatic rings. The van der Waals surface area contributed by atoms with Crippen molar-refractivity contribution in [1.82, 2.24) is 4.98 Å². The number of pyridine rings is 1. The average molecular weight is 431 g/mol. The van der Waals surface area contributed by atoms with Crippen LogP contribution in [0.1, 0.15) is 10.5 Å². The van der Waals surface area contributed by atoms with Gasteiger partial charge in [-0.1, -0.05) is 34.1 Å². The zero-order chi connectivity index (χ0) is 19.2. The highest BCUT2D eigenvalue weighted by Crippen LogP contribution is 2.30. The SMILES string of the molecule is NC(=O)c1cc(-c2ccc(F)cc2)c(OCCOc2cccc(Br)c2)cn1. The van der Waals surface area contributed by atoms with Crippen LogP contribution in [0.5, 0.6) is 11.5 Å². The summed E-state index contributed by atoms with van der Waals surface area (Å²) in [5.41, 5.74) is 6.69. The lowest BCUT2D eigenvalue weighted by Gasteiger charge is -2.13. The first-order valence-electron chi connectivity index (χ1n) is 8.10. The third-order valence-corrected chi connectivity index (χ3v) is 4.17. The molecule has 27 heavy (non-hydrogen) atoms. The average Bonchev–Trinajstić information content (AvgIpc) is 2.66. The van der Waals surface area contributed by atoms with E-state index in [1.165, 1.54) is 24.4 Å². The smallest absolute Gasteiger partial charge is 0.267 e. The Morgan fingerprint density at radius 1 is 1.07 bits per heavy atom. The minimum absolute atomic E-state index is 0.104. The van der Waals surface area contributed by atoms with Crippen LogP contribution in [-0.2, 0) is 0 Å². The van der Waals surface area contributed by atoms with Crippen molar-refractivity contribution in [2.24, 2.45) is 5.73 Å². The minimum Gasteiger partial charge on any atom is -0.490 e. The predicted octanol–water partition coefficient (Wildman–Crippen LogP) is 4.21. The minimum atomic E-state index is -0.650. The van der Waals surface area contributed by atoms with Crippen LogP contribution in [0.15, 0.2) is 65.3 Å². The van der Waals surface area contributed by atoms with Gasteiger partial charge in [0.1, 0.15) is 36.2 Å². The second-order valence-electron chi connectivity index (χ2n) is 5.59. The number of rotatable bonds is 7. The molecule has 5 nitrogen and oxygen atoms in total. The van der Waals surface area contributed by atoms with Gasteiger partial charge in [-0.2, -0.15) is 0 Å². The Morgan fingerprint density at radius 2 is 1.81 bits per heavy atom. The van der Waals surface area contributed by atoms with Crippen LogP contribution in [0.4, 0.5) is 4.39 Å². The van der Waals surface area contributed by atoms with Gasteiger partial charge in [0.25, 0.3) is 5.91 Å². The van der Waals surface area contributed by atoms with Crippen LogP contribution in [0.3, 0.4) is 0 Å². The quantitative estimate of drug-likeness (QED) is 0.569. The number of carbonyl (C=O) groups excluding carboxylic acids is 1. The summed E-state index contributed by atoms with van der Waals surface area (Å²) in [5, 5.41) is 0. The summed E-state index contributed by atoms with van der Waals surface area (Å²) in [4.78, 5) is 15.4. The molecule has 0 aliphatic heterocycles. The van der Waals surface area contributed by atoms with E-state index in [2.05, 4.69) is 20.9 Å². The first-order chi connectivity index (χ1) is 13.0. The number of amides is 1. The summed E-state index contributed by atoms with van der Waals surface area (Å²) >= 11 is 3.38. The lowest BCUT2D eigenvalue weighted by atomic mass is 10.0. The van der Waals surface area contributed by atoms with Gasteiger partial charge in [0.2, 0.25) is 0 Å². The van der Waals surface area contributed by atoms with Gasteiger partial charge in [0.15, 0.2) is 0 Å². The molecule has 1 aromatic heterocycles. The van der Waals surface area contributed by atoms with E-state index in [0.717, 1.165) is 4.47 Å². The molecule has 1 amide bonds. The van der Waals surface area contributed by atoms with Gasteiger partial charge in [-0.3, -0.25) is 4.79 Å². The molecule has 0 atom stereocenters. The van der Waals surface area contributed by atoms with Crippen molar-refractivity contribution >= 4 is 21.8 Å². The summed E-state index contributed by atoms with van der Waals surface area (Å²) in [5.74, 6) is 0.161. The molecule has 7 heteroatoms. The molecule has 0 aliphatic carbocycles. The van der Waals surface area contributed by atoms with Gasteiger partial charge >= 0.3 is 0 Å². The van der Waals surface area contributed by atoms with Crippen molar-refractivity contribution in [3.8, 4) is 22.6 Å². The molecule has 1 heterocycles. The molecule has 0 saturated heterocycles. The van der Waals surface area contributed by atoms with Gasteiger partial charge < -0.3 is 15.2 Å². The van der Waals surface area contributed by atoms with Crippen LogP contribution < -0.4 is 15.2 Å². The Balaban J connectivity index is 1.74. The van der Waals surface area contributed by atoms with Crippen molar-refractivity contribution in [2.45, 2.75) is 0 Å². The van der Waals surface area contributed by atoms with E-state index in [9.17, 15) is 9.18 Å². The fraction of sp³-hybridized carbons (Fsp3) is 0.100. The van der Waals surface area contributed by atoms with E-state index in [1.807, 2.05) is 24.3 Å². The first kappa shape index (κ1) is 18.8. The van der Waals surface area contributed by atoms with Crippen LogP contribution in [0.2, 0.25) is 0 Å². The van der Waals surface area contributed by atoms with Crippen molar-refractivity contribution in [3.05, 3.63) is 76.8 Å².